The molecule has 2 aromatic rings. The van der Waals surface area contributed by atoms with Gasteiger partial charge in [0.2, 0.25) is 0 Å². The minimum Gasteiger partial charge on any atom is -0.308 e. The van der Waals surface area contributed by atoms with Gasteiger partial charge in [-0.05, 0) is 37.1 Å². The van der Waals surface area contributed by atoms with Crippen molar-refractivity contribution in [1.29, 1.82) is 0 Å². The van der Waals surface area contributed by atoms with Crippen LogP contribution in [0.1, 0.15) is 20.9 Å². The highest BCUT2D eigenvalue weighted by molar-refractivity contribution is 7.11. The molecule has 16 heavy (non-hydrogen) atoms. The summed E-state index contributed by atoms with van der Waals surface area (Å²) in [5.74, 6) is 0. The van der Waals surface area contributed by atoms with E-state index in [1.807, 2.05) is 23.7 Å². The molecule has 2 aromatic heterocycles. The third-order valence-corrected chi connectivity index (χ3v) is 3.36. The molecule has 0 unspecified atom stereocenters. The first-order chi connectivity index (χ1) is 7.74. The van der Waals surface area contributed by atoms with Gasteiger partial charge in [0.25, 0.3) is 0 Å². The monoisotopic (exact) mass is 232 g/mol. The Balaban J connectivity index is 1.84. The van der Waals surface area contributed by atoms with Crippen molar-refractivity contribution in [3.63, 3.8) is 0 Å². The summed E-state index contributed by atoms with van der Waals surface area (Å²) in [6, 6.07) is 6.51. The van der Waals surface area contributed by atoms with Crippen LogP contribution in [0.15, 0.2) is 30.6 Å². The highest BCUT2D eigenvalue weighted by Gasteiger charge is 1.97. The lowest BCUT2D eigenvalue weighted by molar-refractivity contribution is 0.698. The van der Waals surface area contributed by atoms with Crippen LogP contribution in [0.4, 0.5) is 0 Å². The summed E-state index contributed by atoms with van der Waals surface area (Å²) in [6.45, 7) is 6.02. The lowest BCUT2D eigenvalue weighted by Gasteiger charge is -2.03. The van der Waals surface area contributed by atoms with Crippen LogP contribution in [-0.2, 0) is 13.1 Å². The van der Waals surface area contributed by atoms with Crippen LogP contribution in [0.25, 0.3) is 0 Å². The summed E-state index contributed by atoms with van der Waals surface area (Å²) in [6.07, 6.45) is 3.80. The predicted molar refractivity (Wildman–Crippen MR) is 68.6 cm³/mol. The van der Waals surface area contributed by atoms with Gasteiger partial charge in [-0.25, -0.2) is 0 Å². The maximum atomic E-state index is 4.18. The van der Waals surface area contributed by atoms with Crippen molar-refractivity contribution in [3.8, 4) is 0 Å². The van der Waals surface area contributed by atoms with Gasteiger partial charge in [-0.1, -0.05) is 6.07 Å². The maximum absolute atomic E-state index is 4.18. The second-order valence-electron chi connectivity index (χ2n) is 3.99. The molecule has 0 aromatic carbocycles. The highest BCUT2D eigenvalue weighted by Crippen LogP contribution is 2.14. The standard InChI is InChI=1S/C13H16N2S/c1-10-5-12(7-14-6-10)8-15-9-13-4-3-11(2)16-13/h3-7,15H,8-9H2,1-2H3. The fourth-order valence-corrected chi connectivity index (χ4v) is 2.48. The quantitative estimate of drug-likeness (QED) is 0.876. The predicted octanol–water partition coefficient (Wildman–Crippen LogP) is 3.05. The molecule has 0 radical (unpaired) electrons. The molecule has 0 aliphatic carbocycles. The Bertz CT molecular complexity index is 462. The molecule has 0 saturated heterocycles. The molecule has 0 spiro atoms. The minimum atomic E-state index is 0.881. The molecule has 2 rings (SSSR count). The number of aromatic nitrogens is 1. The van der Waals surface area contributed by atoms with Gasteiger partial charge in [0, 0.05) is 35.2 Å². The first kappa shape index (κ1) is 11.3. The Morgan fingerprint density at radius 3 is 2.75 bits per heavy atom. The summed E-state index contributed by atoms with van der Waals surface area (Å²) in [5, 5.41) is 3.43. The summed E-state index contributed by atoms with van der Waals surface area (Å²) in [7, 11) is 0. The number of hydrogen-bond acceptors (Lipinski definition) is 3. The first-order valence-corrected chi connectivity index (χ1v) is 6.22. The average Bonchev–Trinajstić information content (AvgIpc) is 2.64. The van der Waals surface area contributed by atoms with Crippen LogP contribution in [0, 0.1) is 13.8 Å². The molecule has 3 heteroatoms. The number of nitrogens with zero attached hydrogens (tertiary/aromatic N) is 1. The van der Waals surface area contributed by atoms with Gasteiger partial charge < -0.3 is 5.32 Å². The van der Waals surface area contributed by atoms with E-state index in [2.05, 4.69) is 42.3 Å². The van der Waals surface area contributed by atoms with Crippen molar-refractivity contribution in [3.05, 3.63) is 51.5 Å². The van der Waals surface area contributed by atoms with E-state index in [1.165, 1.54) is 20.9 Å². The van der Waals surface area contributed by atoms with Crippen LogP contribution in [-0.4, -0.2) is 4.98 Å². The van der Waals surface area contributed by atoms with Gasteiger partial charge >= 0.3 is 0 Å². The molecule has 0 amide bonds. The number of pyridine rings is 1. The molecule has 0 aliphatic rings. The molecular formula is C13H16N2S. The van der Waals surface area contributed by atoms with Crippen molar-refractivity contribution < 1.29 is 0 Å². The molecule has 0 bridgehead atoms. The third kappa shape index (κ3) is 3.15. The zero-order valence-corrected chi connectivity index (χ0v) is 10.5. The molecule has 0 atom stereocenters. The minimum absolute atomic E-state index is 0.881. The van der Waals surface area contributed by atoms with E-state index >= 15 is 0 Å². The van der Waals surface area contributed by atoms with E-state index in [-0.39, 0.29) is 0 Å². The second kappa shape index (κ2) is 5.23. The largest absolute Gasteiger partial charge is 0.308 e. The molecule has 2 heterocycles. The highest BCUT2D eigenvalue weighted by atomic mass is 32.1. The number of aryl methyl sites for hydroxylation is 2. The molecular weight excluding hydrogens is 216 g/mol. The van der Waals surface area contributed by atoms with Crippen molar-refractivity contribution in [2.45, 2.75) is 26.9 Å². The van der Waals surface area contributed by atoms with Crippen molar-refractivity contribution in [2.24, 2.45) is 0 Å². The molecule has 0 fully saturated rings. The van der Waals surface area contributed by atoms with E-state index in [4.69, 9.17) is 0 Å². The van der Waals surface area contributed by atoms with Crippen LogP contribution >= 0.6 is 11.3 Å². The van der Waals surface area contributed by atoms with Crippen molar-refractivity contribution >= 4 is 11.3 Å². The van der Waals surface area contributed by atoms with Crippen molar-refractivity contribution in [2.75, 3.05) is 0 Å². The number of nitrogens with one attached hydrogen (secondary N) is 1. The van der Waals surface area contributed by atoms with Gasteiger partial charge in [0.15, 0.2) is 0 Å². The Labute approximate surface area is 100 Å². The van der Waals surface area contributed by atoms with Gasteiger partial charge in [-0.15, -0.1) is 11.3 Å². The second-order valence-corrected chi connectivity index (χ2v) is 5.36. The topological polar surface area (TPSA) is 24.9 Å². The van der Waals surface area contributed by atoms with E-state index in [9.17, 15) is 0 Å². The van der Waals surface area contributed by atoms with Crippen LogP contribution in [0.5, 0.6) is 0 Å². The first-order valence-electron chi connectivity index (χ1n) is 5.40. The van der Waals surface area contributed by atoms with E-state index < -0.39 is 0 Å². The number of rotatable bonds is 4. The summed E-state index contributed by atoms with van der Waals surface area (Å²) < 4.78 is 0. The van der Waals surface area contributed by atoms with Crippen molar-refractivity contribution in [1.82, 2.24) is 10.3 Å². The molecule has 84 valence electrons. The SMILES string of the molecule is Cc1cncc(CNCc2ccc(C)s2)c1. The Kier molecular flexibility index (Phi) is 3.70. The normalized spacial score (nSPS) is 10.6. The molecule has 1 N–H and O–H groups in total. The van der Waals surface area contributed by atoms with Crippen LogP contribution in [0.2, 0.25) is 0 Å². The maximum Gasteiger partial charge on any atom is 0.0313 e. The van der Waals surface area contributed by atoms with Gasteiger partial charge in [0.05, 0.1) is 0 Å². The number of hydrogen-bond donors (Lipinski definition) is 1. The van der Waals surface area contributed by atoms with Gasteiger partial charge in [-0.3, -0.25) is 4.98 Å². The Morgan fingerprint density at radius 1 is 1.19 bits per heavy atom. The lowest BCUT2D eigenvalue weighted by atomic mass is 10.2. The molecule has 2 nitrogen and oxygen atoms in total. The van der Waals surface area contributed by atoms with Crippen LogP contribution < -0.4 is 5.32 Å². The Morgan fingerprint density at radius 2 is 2.06 bits per heavy atom. The average molecular weight is 232 g/mol. The van der Waals surface area contributed by atoms with Gasteiger partial charge in [0.1, 0.15) is 0 Å². The Hall–Kier alpha value is -1.19. The summed E-state index contributed by atoms with van der Waals surface area (Å²) in [4.78, 5) is 6.93. The fraction of sp³-hybridized carbons (Fsp3) is 0.308. The van der Waals surface area contributed by atoms with E-state index in [0.717, 1.165) is 13.1 Å². The third-order valence-electron chi connectivity index (χ3n) is 2.36. The molecule has 0 aliphatic heterocycles. The van der Waals surface area contributed by atoms with Gasteiger partial charge in [-0.2, -0.15) is 0 Å². The smallest absolute Gasteiger partial charge is 0.0313 e. The zero-order chi connectivity index (χ0) is 11.4. The lowest BCUT2D eigenvalue weighted by Crippen LogP contribution is -2.11. The van der Waals surface area contributed by atoms with E-state index in [1.54, 1.807) is 0 Å². The molecule has 0 saturated carbocycles. The van der Waals surface area contributed by atoms with E-state index in [0.29, 0.717) is 0 Å². The fourth-order valence-electron chi connectivity index (χ4n) is 1.62. The number of thiophene rings is 1. The summed E-state index contributed by atoms with van der Waals surface area (Å²) >= 11 is 1.85. The van der Waals surface area contributed by atoms with Crippen LogP contribution in [0.3, 0.4) is 0 Å². The zero-order valence-electron chi connectivity index (χ0n) is 9.66. The summed E-state index contributed by atoms with van der Waals surface area (Å²) in [5.41, 5.74) is 2.46.